The molecule has 0 saturated carbocycles. The average Bonchev–Trinajstić information content (AvgIpc) is 3.49. The van der Waals surface area contributed by atoms with Crippen LogP contribution in [0.5, 0.6) is 0 Å². The number of anilines is 1. The number of H-pyrrole nitrogens is 2. The van der Waals surface area contributed by atoms with Crippen LogP contribution in [0.2, 0.25) is 0 Å². The fourth-order valence-corrected chi connectivity index (χ4v) is 5.09. The first-order valence-electron chi connectivity index (χ1n) is 10.9. The number of fused-ring (bicyclic) bond motifs is 3. The summed E-state index contributed by atoms with van der Waals surface area (Å²) >= 11 is 0. The van der Waals surface area contributed by atoms with Gasteiger partial charge in [0, 0.05) is 39.2 Å². The van der Waals surface area contributed by atoms with Crippen LogP contribution in [0.3, 0.4) is 0 Å². The SMILES string of the molecule is Nc1n[nH]c2cc(Cn3c(C(=O)O)c(-c4ccc[nH]c4=O)c4cc5c(cc43)CCC5)c(F)cc12. The van der Waals surface area contributed by atoms with E-state index in [4.69, 9.17) is 5.73 Å². The van der Waals surface area contributed by atoms with E-state index in [1.165, 1.54) is 12.3 Å². The van der Waals surface area contributed by atoms with Gasteiger partial charge in [-0.1, -0.05) is 0 Å². The van der Waals surface area contributed by atoms with Crippen molar-refractivity contribution in [3.63, 3.8) is 0 Å². The number of carboxylic acids is 1. The van der Waals surface area contributed by atoms with E-state index in [0.29, 0.717) is 27.4 Å². The lowest BCUT2D eigenvalue weighted by Crippen LogP contribution is -2.14. The van der Waals surface area contributed by atoms with E-state index >= 15 is 4.39 Å². The maximum Gasteiger partial charge on any atom is 0.353 e. The molecule has 1 aliphatic rings. The van der Waals surface area contributed by atoms with Crippen LogP contribution in [-0.2, 0) is 19.4 Å². The number of rotatable bonds is 4. The van der Waals surface area contributed by atoms with Crippen molar-refractivity contribution in [2.45, 2.75) is 25.8 Å². The van der Waals surface area contributed by atoms with Crippen LogP contribution < -0.4 is 11.3 Å². The number of benzene rings is 2. The van der Waals surface area contributed by atoms with Crippen LogP contribution in [0, 0.1) is 5.82 Å². The van der Waals surface area contributed by atoms with Gasteiger partial charge in [0.15, 0.2) is 5.82 Å². The summed E-state index contributed by atoms with van der Waals surface area (Å²) in [7, 11) is 0. The molecule has 0 aliphatic heterocycles. The van der Waals surface area contributed by atoms with Crippen LogP contribution >= 0.6 is 0 Å². The average molecular weight is 457 g/mol. The number of aromatic amines is 2. The molecular weight excluding hydrogens is 437 g/mol. The summed E-state index contributed by atoms with van der Waals surface area (Å²) in [5.41, 5.74) is 9.75. The number of carboxylic acid groups (broad SMARTS) is 1. The van der Waals surface area contributed by atoms with Crippen molar-refractivity contribution in [1.29, 1.82) is 0 Å². The molecule has 34 heavy (non-hydrogen) atoms. The van der Waals surface area contributed by atoms with E-state index in [0.717, 1.165) is 30.4 Å². The number of nitrogens with two attached hydrogens (primary N) is 1. The minimum absolute atomic E-state index is 0.0393. The van der Waals surface area contributed by atoms with Gasteiger partial charge in [-0.3, -0.25) is 9.89 Å². The Morgan fingerprint density at radius 3 is 2.74 bits per heavy atom. The Bertz CT molecular complexity index is 1690. The van der Waals surface area contributed by atoms with Gasteiger partial charge in [-0.15, -0.1) is 0 Å². The summed E-state index contributed by atoms with van der Waals surface area (Å²) in [5, 5.41) is 18.1. The van der Waals surface area contributed by atoms with Crippen LogP contribution in [0.25, 0.3) is 32.9 Å². The first kappa shape index (κ1) is 20.2. The van der Waals surface area contributed by atoms with Gasteiger partial charge < -0.3 is 20.4 Å². The summed E-state index contributed by atoms with van der Waals surface area (Å²) in [4.78, 5) is 27.9. The van der Waals surface area contributed by atoms with E-state index in [1.54, 1.807) is 22.8 Å². The van der Waals surface area contributed by atoms with Crippen molar-refractivity contribution < 1.29 is 14.3 Å². The molecule has 1 aliphatic carbocycles. The third-order valence-electron chi connectivity index (χ3n) is 6.65. The summed E-state index contributed by atoms with van der Waals surface area (Å²) in [5.74, 6) is -1.51. The summed E-state index contributed by atoms with van der Waals surface area (Å²) < 4.78 is 16.7. The number of halogens is 1. The van der Waals surface area contributed by atoms with Crippen molar-refractivity contribution in [3.05, 3.63) is 81.2 Å². The third kappa shape index (κ3) is 2.93. The van der Waals surface area contributed by atoms with E-state index in [2.05, 4.69) is 15.2 Å². The second kappa shape index (κ2) is 7.31. The highest BCUT2D eigenvalue weighted by atomic mass is 19.1. The third-order valence-corrected chi connectivity index (χ3v) is 6.65. The second-order valence-electron chi connectivity index (χ2n) is 8.62. The zero-order valence-electron chi connectivity index (χ0n) is 18.0. The fraction of sp³-hybridized carbons (Fsp3) is 0.160. The molecule has 3 heterocycles. The molecule has 0 saturated heterocycles. The second-order valence-corrected chi connectivity index (χ2v) is 8.62. The summed E-state index contributed by atoms with van der Waals surface area (Å²) in [6, 6.07) is 10.1. The number of nitrogens with zero attached hydrogens (tertiary/aromatic N) is 2. The maximum atomic E-state index is 15.1. The number of hydrogen-bond acceptors (Lipinski definition) is 4. The molecule has 9 heteroatoms. The van der Waals surface area contributed by atoms with E-state index in [-0.39, 0.29) is 34.7 Å². The Morgan fingerprint density at radius 2 is 1.97 bits per heavy atom. The lowest BCUT2D eigenvalue weighted by molar-refractivity contribution is 0.0687. The van der Waals surface area contributed by atoms with Crippen LogP contribution in [-0.4, -0.2) is 30.8 Å². The minimum Gasteiger partial charge on any atom is -0.477 e. The monoisotopic (exact) mass is 457 g/mol. The van der Waals surface area contributed by atoms with Gasteiger partial charge >= 0.3 is 5.97 Å². The molecule has 5 aromatic rings. The number of aromatic carboxylic acids is 1. The molecule has 0 unspecified atom stereocenters. The molecule has 5 N–H and O–H groups in total. The first-order chi connectivity index (χ1) is 16.4. The Labute approximate surface area is 191 Å². The summed E-state index contributed by atoms with van der Waals surface area (Å²) in [6.07, 6.45) is 4.31. The first-order valence-corrected chi connectivity index (χ1v) is 10.9. The number of nitrogen functional groups attached to an aromatic ring is 1. The normalized spacial score (nSPS) is 13.1. The number of aryl methyl sites for hydroxylation is 2. The van der Waals surface area contributed by atoms with Gasteiger partial charge in [-0.2, -0.15) is 5.10 Å². The zero-order chi connectivity index (χ0) is 23.6. The molecule has 2 aromatic carbocycles. The van der Waals surface area contributed by atoms with Gasteiger partial charge in [0.1, 0.15) is 11.5 Å². The lowest BCUT2D eigenvalue weighted by atomic mass is 10.00. The van der Waals surface area contributed by atoms with E-state index < -0.39 is 11.8 Å². The Morgan fingerprint density at radius 1 is 1.18 bits per heavy atom. The molecule has 0 spiro atoms. The molecule has 0 radical (unpaired) electrons. The fourth-order valence-electron chi connectivity index (χ4n) is 5.09. The molecule has 0 amide bonds. The van der Waals surface area contributed by atoms with Crippen molar-refractivity contribution in [3.8, 4) is 11.1 Å². The lowest BCUT2D eigenvalue weighted by Gasteiger charge is -2.11. The molecule has 0 atom stereocenters. The Balaban J connectivity index is 1.66. The molecule has 6 rings (SSSR count). The van der Waals surface area contributed by atoms with Gasteiger partial charge in [0.25, 0.3) is 5.56 Å². The molecule has 8 nitrogen and oxygen atoms in total. The predicted molar refractivity (Wildman–Crippen MR) is 127 cm³/mol. The number of carbonyl (C=O) groups is 1. The highest BCUT2D eigenvalue weighted by molar-refractivity contribution is 6.08. The zero-order valence-corrected chi connectivity index (χ0v) is 18.0. The molecule has 3 aromatic heterocycles. The topological polar surface area (TPSA) is 130 Å². The molecule has 0 bridgehead atoms. The molecule has 0 fully saturated rings. The van der Waals surface area contributed by atoms with Crippen LogP contribution in [0.4, 0.5) is 10.2 Å². The summed E-state index contributed by atoms with van der Waals surface area (Å²) in [6.45, 7) is -0.0393. The van der Waals surface area contributed by atoms with E-state index in [9.17, 15) is 14.7 Å². The molecular formula is C25H20FN5O3. The number of aromatic nitrogens is 4. The van der Waals surface area contributed by atoms with Gasteiger partial charge in [0.05, 0.1) is 12.1 Å². The largest absolute Gasteiger partial charge is 0.477 e. The van der Waals surface area contributed by atoms with Crippen molar-refractivity contribution >= 4 is 33.6 Å². The molecule has 170 valence electrons. The van der Waals surface area contributed by atoms with Gasteiger partial charge in [-0.05, 0) is 66.8 Å². The van der Waals surface area contributed by atoms with Crippen molar-refractivity contribution in [2.24, 2.45) is 0 Å². The highest BCUT2D eigenvalue weighted by Crippen LogP contribution is 2.38. The van der Waals surface area contributed by atoms with Crippen LogP contribution in [0.15, 0.2) is 47.4 Å². The predicted octanol–water partition coefficient (Wildman–Crippen LogP) is 3.83. The standard InChI is InChI=1S/C25H20FN5O3/c26-18-10-16-19(29-30-23(16)27)8-14(18)11-31-20-9-13-4-1-3-12(13)7-17(20)21(22(31)25(33)34)15-5-2-6-28-24(15)32/h2,5-10H,1,3-4,11H2,(H,28,32)(H,33,34)(H3,27,29,30). The van der Waals surface area contributed by atoms with Crippen molar-refractivity contribution in [1.82, 2.24) is 19.7 Å². The van der Waals surface area contributed by atoms with Gasteiger partial charge in [0.2, 0.25) is 0 Å². The maximum absolute atomic E-state index is 15.1. The number of nitrogens with one attached hydrogen (secondary N) is 2. The van der Waals surface area contributed by atoms with Crippen LogP contribution in [0.1, 0.15) is 33.6 Å². The Kier molecular flexibility index (Phi) is 4.35. The number of pyridine rings is 1. The van der Waals surface area contributed by atoms with Crippen molar-refractivity contribution in [2.75, 3.05) is 5.73 Å². The quantitative estimate of drug-likeness (QED) is 0.326. The number of hydrogen-bond donors (Lipinski definition) is 4. The van der Waals surface area contributed by atoms with Gasteiger partial charge in [-0.25, -0.2) is 9.18 Å². The Hall–Kier alpha value is -4.40. The highest BCUT2D eigenvalue weighted by Gasteiger charge is 2.27. The smallest absolute Gasteiger partial charge is 0.353 e. The minimum atomic E-state index is -1.19. The van der Waals surface area contributed by atoms with E-state index in [1.807, 2.05) is 12.1 Å².